The lowest BCUT2D eigenvalue weighted by Gasteiger charge is -2.19. The van der Waals surface area contributed by atoms with Gasteiger partial charge < -0.3 is 20.2 Å². The number of carbonyl (C=O) groups excluding carboxylic acids is 1. The molecule has 0 aliphatic rings. The van der Waals surface area contributed by atoms with Crippen molar-refractivity contribution in [1.82, 2.24) is 10.3 Å². The highest BCUT2D eigenvalue weighted by Crippen LogP contribution is 2.14. The maximum absolute atomic E-state index is 11.6. The van der Waals surface area contributed by atoms with Gasteiger partial charge in [0, 0.05) is 12.6 Å². The molecule has 0 bridgehead atoms. The number of nitro groups is 1. The van der Waals surface area contributed by atoms with Crippen LogP contribution >= 0.6 is 0 Å². The molecule has 1 aromatic heterocycles. The van der Waals surface area contributed by atoms with Crippen LogP contribution in [0.5, 0.6) is 0 Å². The van der Waals surface area contributed by atoms with E-state index in [0.717, 1.165) is 11.1 Å². The molecule has 2 rings (SSSR count). The molecule has 26 heavy (non-hydrogen) atoms. The molecule has 0 saturated heterocycles. The predicted octanol–water partition coefficient (Wildman–Crippen LogP) is 4.18. The Morgan fingerprint density at radius 1 is 1.19 bits per heavy atom. The Morgan fingerprint density at radius 3 is 2.46 bits per heavy atom. The SMILES string of the molecule is CC(C)(C)OC(=O)NCc1ccc(/C=C/c2ccnc([N+](=O)[O-])c2)cc1. The molecule has 0 saturated carbocycles. The van der Waals surface area contributed by atoms with Crippen LogP contribution in [0.2, 0.25) is 0 Å². The number of ether oxygens (including phenoxy) is 1. The highest BCUT2D eigenvalue weighted by Gasteiger charge is 2.15. The third-order valence-corrected chi connectivity index (χ3v) is 3.24. The van der Waals surface area contributed by atoms with Crippen molar-refractivity contribution in [3.8, 4) is 0 Å². The molecule has 0 radical (unpaired) electrons. The molecule has 0 spiro atoms. The fourth-order valence-corrected chi connectivity index (χ4v) is 2.07. The number of pyridine rings is 1. The highest BCUT2D eigenvalue weighted by molar-refractivity contribution is 5.70. The van der Waals surface area contributed by atoms with E-state index in [1.54, 1.807) is 12.1 Å². The molecule has 136 valence electrons. The first-order chi connectivity index (χ1) is 12.2. The van der Waals surface area contributed by atoms with Gasteiger partial charge >= 0.3 is 11.9 Å². The van der Waals surface area contributed by atoms with Crippen LogP contribution in [0.1, 0.15) is 37.5 Å². The predicted molar refractivity (Wildman–Crippen MR) is 99.3 cm³/mol. The summed E-state index contributed by atoms with van der Waals surface area (Å²) in [5, 5.41) is 13.4. The summed E-state index contributed by atoms with van der Waals surface area (Å²) in [5.41, 5.74) is 2.04. The van der Waals surface area contributed by atoms with Crippen molar-refractivity contribution >= 4 is 24.1 Å². The Morgan fingerprint density at radius 2 is 1.85 bits per heavy atom. The van der Waals surface area contributed by atoms with Gasteiger partial charge in [0.15, 0.2) is 0 Å². The van der Waals surface area contributed by atoms with E-state index in [1.165, 1.54) is 12.3 Å². The van der Waals surface area contributed by atoms with Gasteiger partial charge in [-0.25, -0.2) is 4.79 Å². The van der Waals surface area contributed by atoms with E-state index in [-0.39, 0.29) is 5.82 Å². The van der Waals surface area contributed by atoms with Crippen LogP contribution in [0.25, 0.3) is 12.2 Å². The number of carbonyl (C=O) groups is 1. The quantitative estimate of drug-likeness (QED) is 0.641. The molecule has 7 heteroatoms. The van der Waals surface area contributed by atoms with Crippen LogP contribution in [0, 0.1) is 10.1 Å². The summed E-state index contributed by atoms with van der Waals surface area (Å²) in [6.45, 7) is 5.80. The van der Waals surface area contributed by atoms with Crippen molar-refractivity contribution in [3.63, 3.8) is 0 Å². The summed E-state index contributed by atoms with van der Waals surface area (Å²) in [6, 6.07) is 10.7. The number of aromatic nitrogens is 1. The van der Waals surface area contributed by atoms with Gasteiger partial charge in [-0.3, -0.25) is 0 Å². The lowest BCUT2D eigenvalue weighted by molar-refractivity contribution is -0.389. The molecule has 1 N–H and O–H groups in total. The Bertz CT molecular complexity index is 808. The summed E-state index contributed by atoms with van der Waals surface area (Å²) >= 11 is 0. The zero-order valence-electron chi connectivity index (χ0n) is 14.9. The first-order valence-corrected chi connectivity index (χ1v) is 8.07. The summed E-state index contributed by atoms with van der Waals surface area (Å²) in [4.78, 5) is 25.5. The smallest absolute Gasteiger partial charge is 0.407 e. The van der Waals surface area contributed by atoms with Gasteiger partial charge in [0.1, 0.15) is 11.8 Å². The third kappa shape index (κ3) is 6.35. The van der Waals surface area contributed by atoms with Gasteiger partial charge in [0.2, 0.25) is 0 Å². The monoisotopic (exact) mass is 355 g/mol. The van der Waals surface area contributed by atoms with Crippen molar-refractivity contribution in [2.45, 2.75) is 32.9 Å². The molecule has 0 aliphatic carbocycles. The Balaban J connectivity index is 1.94. The Hall–Kier alpha value is -3.22. The molecule has 1 aromatic carbocycles. The molecule has 1 amide bonds. The molecule has 2 aromatic rings. The number of hydrogen-bond donors (Lipinski definition) is 1. The molecule has 7 nitrogen and oxygen atoms in total. The van der Waals surface area contributed by atoms with Crippen LogP contribution in [0.4, 0.5) is 10.6 Å². The van der Waals surface area contributed by atoms with Crippen molar-refractivity contribution in [2.24, 2.45) is 0 Å². The van der Waals surface area contributed by atoms with Crippen LogP contribution in [-0.2, 0) is 11.3 Å². The fraction of sp³-hybridized carbons (Fsp3) is 0.263. The molecule has 0 aliphatic heterocycles. The van der Waals surface area contributed by atoms with Gasteiger partial charge in [-0.2, -0.15) is 0 Å². The van der Waals surface area contributed by atoms with Crippen LogP contribution in [0.15, 0.2) is 42.6 Å². The van der Waals surface area contributed by atoms with Crippen molar-refractivity contribution in [1.29, 1.82) is 0 Å². The number of amides is 1. The molecule has 1 heterocycles. The second kappa shape index (κ2) is 8.24. The molecule has 0 atom stereocenters. The lowest BCUT2D eigenvalue weighted by Crippen LogP contribution is -2.32. The minimum atomic E-state index is -0.527. The van der Waals surface area contributed by atoms with Gasteiger partial charge in [0.25, 0.3) is 0 Å². The summed E-state index contributed by atoms with van der Waals surface area (Å²) in [7, 11) is 0. The summed E-state index contributed by atoms with van der Waals surface area (Å²) in [5.74, 6) is -0.185. The fourth-order valence-electron chi connectivity index (χ4n) is 2.07. The number of alkyl carbamates (subject to hydrolysis) is 1. The first-order valence-electron chi connectivity index (χ1n) is 8.07. The standard InChI is InChI=1S/C19H21N3O4/c1-19(2,3)26-18(23)21-13-16-8-5-14(6-9-16)4-7-15-10-11-20-17(12-15)22(24)25/h4-12H,13H2,1-3H3,(H,21,23)/b7-4+. The van der Waals surface area contributed by atoms with Crippen LogP contribution < -0.4 is 5.32 Å². The van der Waals surface area contributed by atoms with Crippen molar-refractivity contribution < 1.29 is 14.5 Å². The summed E-state index contributed by atoms with van der Waals surface area (Å²) < 4.78 is 5.18. The first kappa shape index (κ1) is 19.1. The topological polar surface area (TPSA) is 94.4 Å². The van der Waals surface area contributed by atoms with Crippen molar-refractivity contribution in [2.75, 3.05) is 0 Å². The van der Waals surface area contributed by atoms with Gasteiger partial charge in [-0.15, -0.1) is 0 Å². The van der Waals surface area contributed by atoms with E-state index < -0.39 is 16.6 Å². The van der Waals surface area contributed by atoms with Gasteiger partial charge in [0.05, 0.1) is 0 Å². The zero-order chi connectivity index (χ0) is 19.2. The molecular formula is C19H21N3O4. The number of hydrogen-bond acceptors (Lipinski definition) is 5. The second-order valence-electron chi connectivity index (χ2n) is 6.63. The largest absolute Gasteiger partial charge is 0.444 e. The average Bonchev–Trinajstić information content (AvgIpc) is 2.58. The normalized spacial score (nSPS) is 11.3. The summed E-state index contributed by atoms with van der Waals surface area (Å²) in [6.07, 6.45) is 4.58. The van der Waals surface area contributed by atoms with E-state index in [9.17, 15) is 14.9 Å². The van der Waals surface area contributed by atoms with Crippen molar-refractivity contribution in [3.05, 3.63) is 69.4 Å². The average molecular weight is 355 g/mol. The third-order valence-electron chi connectivity index (χ3n) is 3.24. The van der Waals surface area contributed by atoms with E-state index >= 15 is 0 Å². The van der Waals surface area contributed by atoms with Crippen LogP contribution in [-0.4, -0.2) is 21.6 Å². The maximum atomic E-state index is 11.6. The Labute approximate surface area is 151 Å². The van der Waals surface area contributed by atoms with E-state index in [2.05, 4.69) is 10.3 Å². The van der Waals surface area contributed by atoms with E-state index in [4.69, 9.17) is 4.74 Å². The lowest BCUT2D eigenvalue weighted by atomic mass is 10.1. The van der Waals surface area contributed by atoms with Crippen LogP contribution in [0.3, 0.4) is 0 Å². The number of benzene rings is 1. The number of nitrogens with zero attached hydrogens (tertiary/aromatic N) is 2. The minimum Gasteiger partial charge on any atom is -0.444 e. The maximum Gasteiger partial charge on any atom is 0.407 e. The zero-order valence-corrected chi connectivity index (χ0v) is 14.9. The highest BCUT2D eigenvalue weighted by atomic mass is 16.6. The molecule has 0 unspecified atom stereocenters. The second-order valence-corrected chi connectivity index (χ2v) is 6.63. The van der Waals surface area contributed by atoms with Gasteiger partial charge in [-0.1, -0.05) is 36.4 Å². The molecular weight excluding hydrogens is 334 g/mol. The number of nitrogens with one attached hydrogen (secondary N) is 1. The number of rotatable bonds is 5. The Kier molecular flexibility index (Phi) is 6.06. The van der Waals surface area contributed by atoms with E-state index in [1.807, 2.05) is 51.1 Å². The van der Waals surface area contributed by atoms with Gasteiger partial charge in [-0.05, 0) is 53.4 Å². The minimum absolute atomic E-state index is 0.185. The van der Waals surface area contributed by atoms with E-state index in [0.29, 0.717) is 12.1 Å². The molecule has 0 fully saturated rings.